The first kappa shape index (κ1) is 19.5. The average Bonchev–Trinajstić information content (AvgIpc) is 3.30. The van der Waals surface area contributed by atoms with Gasteiger partial charge in [0.05, 0.1) is 10.2 Å². The van der Waals surface area contributed by atoms with E-state index < -0.39 is 6.04 Å². The van der Waals surface area contributed by atoms with Crippen molar-refractivity contribution in [2.75, 3.05) is 11.6 Å². The number of hydrogen-bond donors (Lipinski definition) is 3. The van der Waals surface area contributed by atoms with E-state index in [2.05, 4.69) is 20.6 Å². The Morgan fingerprint density at radius 2 is 2.07 bits per heavy atom. The van der Waals surface area contributed by atoms with Crippen LogP contribution in [0.1, 0.15) is 12.5 Å². The summed E-state index contributed by atoms with van der Waals surface area (Å²) in [6.07, 6.45) is 4.28. The second kappa shape index (κ2) is 8.26. The minimum absolute atomic E-state index is 0.243. The number of aromatic nitrogens is 2. The van der Waals surface area contributed by atoms with Gasteiger partial charge in [-0.3, -0.25) is 9.59 Å². The third-order valence-electron chi connectivity index (χ3n) is 4.60. The monoisotopic (exact) mass is 424 g/mol. The number of aromatic amines is 1. The van der Waals surface area contributed by atoms with Gasteiger partial charge in [-0.05, 0) is 36.1 Å². The maximum absolute atomic E-state index is 13.0. The molecule has 0 spiro atoms. The van der Waals surface area contributed by atoms with Crippen molar-refractivity contribution in [2.24, 2.45) is 0 Å². The molecule has 0 saturated heterocycles. The van der Waals surface area contributed by atoms with Gasteiger partial charge in [0.2, 0.25) is 11.8 Å². The molecule has 6 nitrogen and oxygen atoms in total. The Balaban J connectivity index is 1.56. The lowest BCUT2D eigenvalue weighted by Crippen LogP contribution is -2.44. The van der Waals surface area contributed by atoms with Gasteiger partial charge in [0.1, 0.15) is 6.04 Å². The second-order valence-electron chi connectivity index (χ2n) is 6.67. The summed E-state index contributed by atoms with van der Waals surface area (Å²) >= 11 is 3.19. The van der Waals surface area contributed by atoms with E-state index >= 15 is 0 Å². The highest BCUT2D eigenvalue weighted by Crippen LogP contribution is 2.30. The fourth-order valence-electron chi connectivity index (χ4n) is 3.27. The SMILES string of the molecule is CSc1nc2ccc(NC(=O)C(Cc3c[nH]c4ccccc34)NC(C)=O)cc2s1. The van der Waals surface area contributed by atoms with Crippen LogP contribution in [-0.4, -0.2) is 34.1 Å². The highest BCUT2D eigenvalue weighted by Gasteiger charge is 2.22. The number of hydrogen-bond acceptors (Lipinski definition) is 5. The summed E-state index contributed by atoms with van der Waals surface area (Å²) in [6.45, 7) is 1.42. The minimum atomic E-state index is -0.675. The molecule has 1 atom stereocenters. The summed E-state index contributed by atoms with van der Waals surface area (Å²) in [5.74, 6) is -0.494. The van der Waals surface area contributed by atoms with Gasteiger partial charge >= 0.3 is 0 Å². The third-order valence-corrected chi connectivity index (χ3v) is 6.61. The number of fused-ring (bicyclic) bond motifs is 2. The molecule has 0 saturated carbocycles. The van der Waals surface area contributed by atoms with Gasteiger partial charge in [0, 0.05) is 36.1 Å². The zero-order valence-corrected chi connectivity index (χ0v) is 17.6. The molecule has 8 heteroatoms. The first-order chi connectivity index (χ1) is 14.0. The Bertz CT molecular complexity index is 1200. The van der Waals surface area contributed by atoms with E-state index in [1.807, 2.05) is 54.9 Å². The normalized spacial score (nSPS) is 12.2. The van der Waals surface area contributed by atoms with Crippen LogP contribution in [0.25, 0.3) is 21.1 Å². The van der Waals surface area contributed by atoms with E-state index in [-0.39, 0.29) is 11.8 Å². The number of para-hydroxylation sites is 1. The molecule has 0 aliphatic heterocycles. The highest BCUT2D eigenvalue weighted by molar-refractivity contribution is 8.00. The van der Waals surface area contributed by atoms with Crippen LogP contribution in [-0.2, 0) is 16.0 Å². The van der Waals surface area contributed by atoms with Crippen molar-refractivity contribution in [2.45, 2.75) is 23.7 Å². The van der Waals surface area contributed by atoms with Gasteiger partial charge in [0.15, 0.2) is 4.34 Å². The molecule has 2 aromatic heterocycles. The fourth-order valence-corrected chi connectivity index (χ4v) is 4.80. The van der Waals surface area contributed by atoms with E-state index in [1.165, 1.54) is 6.92 Å². The van der Waals surface area contributed by atoms with Crippen LogP contribution in [0.4, 0.5) is 5.69 Å². The van der Waals surface area contributed by atoms with Gasteiger partial charge in [-0.25, -0.2) is 4.98 Å². The van der Waals surface area contributed by atoms with Crippen LogP contribution in [0, 0.1) is 0 Å². The Labute approximate surface area is 176 Å². The van der Waals surface area contributed by atoms with E-state index in [0.717, 1.165) is 31.0 Å². The molecule has 29 heavy (non-hydrogen) atoms. The lowest BCUT2D eigenvalue weighted by atomic mass is 10.0. The summed E-state index contributed by atoms with van der Waals surface area (Å²) in [5.41, 5.74) is 3.59. The van der Waals surface area contributed by atoms with Crippen molar-refractivity contribution in [1.82, 2.24) is 15.3 Å². The quantitative estimate of drug-likeness (QED) is 0.405. The standard InChI is InChI=1S/C21H20N4O2S2/c1-12(26)23-18(9-13-11-22-16-6-4-3-5-15(13)16)20(27)24-14-7-8-17-19(10-14)29-21(25-17)28-2/h3-8,10-11,18,22H,9H2,1-2H3,(H,23,26)(H,24,27). The lowest BCUT2D eigenvalue weighted by molar-refractivity contribution is -0.125. The Morgan fingerprint density at radius 1 is 1.24 bits per heavy atom. The Kier molecular flexibility index (Phi) is 5.55. The number of thioether (sulfide) groups is 1. The predicted octanol–water partition coefficient (Wildman–Crippen LogP) is 4.19. The van der Waals surface area contributed by atoms with Crippen molar-refractivity contribution in [1.29, 1.82) is 0 Å². The molecule has 2 amide bonds. The number of nitrogens with one attached hydrogen (secondary N) is 3. The topological polar surface area (TPSA) is 86.9 Å². The zero-order chi connectivity index (χ0) is 20.4. The van der Waals surface area contributed by atoms with Gasteiger partial charge in [-0.15, -0.1) is 11.3 Å². The number of benzene rings is 2. The smallest absolute Gasteiger partial charge is 0.247 e. The van der Waals surface area contributed by atoms with Gasteiger partial charge in [0.25, 0.3) is 0 Å². The molecule has 0 aliphatic rings. The van der Waals surface area contributed by atoms with Gasteiger partial charge in [-0.1, -0.05) is 30.0 Å². The number of carbonyl (C=O) groups excluding carboxylic acids is 2. The summed E-state index contributed by atoms with van der Waals surface area (Å²) in [7, 11) is 0. The zero-order valence-electron chi connectivity index (χ0n) is 16.0. The molecule has 148 valence electrons. The van der Waals surface area contributed by atoms with E-state index in [1.54, 1.807) is 23.1 Å². The van der Waals surface area contributed by atoms with Crippen molar-refractivity contribution < 1.29 is 9.59 Å². The number of nitrogens with zero attached hydrogens (tertiary/aromatic N) is 1. The average molecular weight is 425 g/mol. The predicted molar refractivity (Wildman–Crippen MR) is 120 cm³/mol. The molecule has 0 radical (unpaired) electrons. The maximum atomic E-state index is 13.0. The van der Waals surface area contributed by atoms with E-state index in [0.29, 0.717) is 12.1 Å². The molecule has 2 heterocycles. The summed E-state index contributed by atoms with van der Waals surface area (Å²) in [6, 6.07) is 12.9. The number of anilines is 1. The first-order valence-corrected chi connectivity index (χ1v) is 11.1. The summed E-state index contributed by atoms with van der Waals surface area (Å²) in [4.78, 5) is 32.4. The number of H-pyrrole nitrogens is 1. The molecule has 4 rings (SSSR count). The maximum Gasteiger partial charge on any atom is 0.247 e. The Morgan fingerprint density at radius 3 is 2.86 bits per heavy atom. The number of carbonyl (C=O) groups is 2. The minimum Gasteiger partial charge on any atom is -0.361 e. The molecular weight excluding hydrogens is 404 g/mol. The van der Waals surface area contributed by atoms with Crippen LogP contribution in [0.3, 0.4) is 0 Å². The summed E-state index contributed by atoms with van der Waals surface area (Å²) < 4.78 is 2.00. The van der Waals surface area contributed by atoms with E-state index in [4.69, 9.17) is 0 Å². The molecule has 0 fully saturated rings. The number of rotatable bonds is 6. The Hall–Kier alpha value is -2.84. The molecule has 0 bridgehead atoms. The highest BCUT2D eigenvalue weighted by atomic mass is 32.2. The van der Waals surface area contributed by atoms with Crippen molar-refractivity contribution in [3.63, 3.8) is 0 Å². The fraction of sp³-hybridized carbons (Fsp3) is 0.190. The molecule has 3 N–H and O–H groups in total. The van der Waals surface area contributed by atoms with Gasteiger partial charge in [-0.2, -0.15) is 0 Å². The second-order valence-corrected chi connectivity index (χ2v) is 8.76. The van der Waals surface area contributed by atoms with Gasteiger partial charge < -0.3 is 15.6 Å². The van der Waals surface area contributed by atoms with E-state index in [9.17, 15) is 9.59 Å². The van der Waals surface area contributed by atoms with Crippen LogP contribution in [0.2, 0.25) is 0 Å². The molecule has 1 unspecified atom stereocenters. The van der Waals surface area contributed by atoms with Crippen molar-refractivity contribution >= 4 is 61.7 Å². The molecule has 4 aromatic rings. The third kappa shape index (κ3) is 4.28. The molecule has 0 aliphatic carbocycles. The number of thiazole rings is 1. The largest absolute Gasteiger partial charge is 0.361 e. The van der Waals surface area contributed by atoms with Crippen molar-refractivity contribution in [3.05, 3.63) is 54.2 Å². The lowest BCUT2D eigenvalue weighted by Gasteiger charge is -2.17. The van der Waals surface area contributed by atoms with Crippen molar-refractivity contribution in [3.8, 4) is 0 Å². The summed E-state index contributed by atoms with van der Waals surface area (Å²) in [5, 5.41) is 6.76. The first-order valence-electron chi connectivity index (χ1n) is 9.11. The molecule has 2 aromatic carbocycles. The van der Waals surface area contributed by atoms with Crippen LogP contribution in [0.15, 0.2) is 53.0 Å². The van der Waals surface area contributed by atoms with Crippen LogP contribution in [0.5, 0.6) is 0 Å². The van der Waals surface area contributed by atoms with Crippen LogP contribution < -0.4 is 10.6 Å². The number of amides is 2. The molecular formula is C21H20N4O2S2. The van der Waals surface area contributed by atoms with Crippen LogP contribution >= 0.6 is 23.1 Å².